The molecule has 0 nitrogen and oxygen atoms in total. The molecule has 0 heterocycles. The van der Waals surface area contributed by atoms with Crippen molar-refractivity contribution in [3.8, 4) is 11.8 Å². The minimum Gasteiger partial charge on any atom is -0.103 e. The van der Waals surface area contributed by atoms with Gasteiger partial charge in [-0.25, -0.2) is 0 Å². The van der Waals surface area contributed by atoms with Crippen molar-refractivity contribution in [2.45, 2.75) is 39.5 Å². The standard InChI is InChI=1S/C17H22/c1-4-14-17(5-2,6-3)15-10-13-16-11-8-7-9-12-16/h4,7-9,11-12H,1,5-6,14-15H2,2-3H3. The summed E-state index contributed by atoms with van der Waals surface area (Å²) < 4.78 is 0. The highest BCUT2D eigenvalue weighted by Crippen LogP contribution is 2.34. The molecule has 17 heavy (non-hydrogen) atoms. The summed E-state index contributed by atoms with van der Waals surface area (Å²) in [6.45, 7) is 8.35. The lowest BCUT2D eigenvalue weighted by Gasteiger charge is -2.28. The molecule has 0 unspecified atom stereocenters. The van der Waals surface area contributed by atoms with E-state index in [1.54, 1.807) is 0 Å². The van der Waals surface area contributed by atoms with E-state index in [2.05, 4.69) is 44.4 Å². The third-order valence-corrected chi connectivity index (χ3v) is 3.55. The Hall–Kier alpha value is -1.48. The number of rotatable bonds is 5. The monoisotopic (exact) mass is 226 g/mol. The van der Waals surface area contributed by atoms with Crippen molar-refractivity contribution in [3.05, 3.63) is 48.6 Å². The van der Waals surface area contributed by atoms with Crippen molar-refractivity contribution < 1.29 is 0 Å². The molecule has 1 aromatic rings. The SMILES string of the molecule is C=CCC(CC)(CC)CC#Cc1ccccc1. The molecule has 0 fully saturated rings. The molecular weight excluding hydrogens is 204 g/mol. The first kappa shape index (κ1) is 13.6. The van der Waals surface area contributed by atoms with E-state index in [0.717, 1.165) is 18.4 Å². The molecule has 0 aromatic heterocycles. The summed E-state index contributed by atoms with van der Waals surface area (Å²) in [6.07, 6.45) is 6.37. The Bertz CT molecular complexity index is 385. The van der Waals surface area contributed by atoms with Gasteiger partial charge in [-0.05, 0) is 36.8 Å². The largest absolute Gasteiger partial charge is 0.103 e. The van der Waals surface area contributed by atoms with Crippen molar-refractivity contribution in [2.24, 2.45) is 5.41 Å². The minimum absolute atomic E-state index is 0.323. The molecule has 0 saturated carbocycles. The van der Waals surface area contributed by atoms with Crippen molar-refractivity contribution in [3.63, 3.8) is 0 Å². The summed E-state index contributed by atoms with van der Waals surface area (Å²) >= 11 is 0. The maximum atomic E-state index is 3.86. The first-order valence-electron chi connectivity index (χ1n) is 6.41. The Morgan fingerprint density at radius 3 is 2.35 bits per heavy atom. The highest BCUT2D eigenvalue weighted by atomic mass is 14.3. The number of allylic oxidation sites excluding steroid dienone is 1. The van der Waals surface area contributed by atoms with E-state index in [4.69, 9.17) is 0 Å². The molecule has 0 saturated heterocycles. The average Bonchev–Trinajstić information content (AvgIpc) is 2.39. The van der Waals surface area contributed by atoms with Crippen LogP contribution in [0.5, 0.6) is 0 Å². The summed E-state index contributed by atoms with van der Waals surface area (Å²) in [7, 11) is 0. The number of hydrogen-bond donors (Lipinski definition) is 0. The lowest BCUT2D eigenvalue weighted by molar-refractivity contribution is 0.274. The molecule has 0 heteroatoms. The third kappa shape index (κ3) is 4.11. The van der Waals surface area contributed by atoms with E-state index in [0.29, 0.717) is 5.41 Å². The zero-order chi connectivity index (χ0) is 12.6. The molecule has 1 rings (SSSR count). The van der Waals surface area contributed by atoms with Gasteiger partial charge >= 0.3 is 0 Å². The van der Waals surface area contributed by atoms with Crippen LogP contribution in [0.3, 0.4) is 0 Å². The Morgan fingerprint density at radius 2 is 1.82 bits per heavy atom. The van der Waals surface area contributed by atoms with E-state index in [9.17, 15) is 0 Å². The van der Waals surface area contributed by atoms with Gasteiger partial charge in [-0.1, -0.05) is 50.0 Å². The molecular formula is C17H22. The smallest absolute Gasteiger partial charge is 0.0245 e. The Labute approximate surface area is 106 Å². The Balaban J connectivity index is 2.70. The van der Waals surface area contributed by atoms with E-state index in [-0.39, 0.29) is 0 Å². The van der Waals surface area contributed by atoms with Crippen LogP contribution in [-0.2, 0) is 0 Å². The third-order valence-electron chi connectivity index (χ3n) is 3.55. The van der Waals surface area contributed by atoms with Gasteiger partial charge in [-0.15, -0.1) is 6.58 Å². The molecule has 0 aliphatic rings. The van der Waals surface area contributed by atoms with Crippen LogP contribution >= 0.6 is 0 Å². The van der Waals surface area contributed by atoms with E-state index in [1.807, 2.05) is 24.3 Å². The predicted molar refractivity (Wildman–Crippen MR) is 75.8 cm³/mol. The average molecular weight is 226 g/mol. The van der Waals surface area contributed by atoms with Crippen molar-refractivity contribution >= 4 is 0 Å². The summed E-state index contributed by atoms with van der Waals surface area (Å²) in [5.74, 6) is 6.57. The van der Waals surface area contributed by atoms with E-state index >= 15 is 0 Å². The zero-order valence-corrected chi connectivity index (χ0v) is 11.0. The van der Waals surface area contributed by atoms with Crippen LogP contribution in [0.4, 0.5) is 0 Å². The first-order valence-corrected chi connectivity index (χ1v) is 6.41. The predicted octanol–water partition coefficient (Wildman–Crippen LogP) is 4.81. The second-order valence-corrected chi connectivity index (χ2v) is 4.54. The van der Waals surface area contributed by atoms with Crippen LogP contribution in [0.25, 0.3) is 0 Å². The molecule has 0 spiro atoms. The van der Waals surface area contributed by atoms with Crippen LogP contribution in [0.15, 0.2) is 43.0 Å². The maximum Gasteiger partial charge on any atom is 0.0245 e. The van der Waals surface area contributed by atoms with E-state index < -0.39 is 0 Å². The van der Waals surface area contributed by atoms with Gasteiger partial charge in [-0.3, -0.25) is 0 Å². The second-order valence-electron chi connectivity index (χ2n) is 4.54. The fourth-order valence-electron chi connectivity index (χ4n) is 2.02. The normalized spacial score (nSPS) is 10.5. The summed E-state index contributed by atoms with van der Waals surface area (Å²) in [4.78, 5) is 0. The molecule has 0 aliphatic heterocycles. The molecule has 0 bridgehead atoms. The van der Waals surface area contributed by atoms with Crippen LogP contribution in [0.2, 0.25) is 0 Å². The van der Waals surface area contributed by atoms with Crippen LogP contribution in [-0.4, -0.2) is 0 Å². The van der Waals surface area contributed by atoms with Crippen LogP contribution in [0, 0.1) is 17.3 Å². The Morgan fingerprint density at radius 1 is 1.18 bits per heavy atom. The van der Waals surface area contributed by atoms with Crippen molar-refractivity contribution in [1.29, 1.82) is 0 Å². The highest BCUT2D eigenvalue weighted by Gasteiger charge is 2.22. The minimum atomic E-state index is 0.323. The summed E-state index contributed by atoms with van der Waals surface area (Å²) in [5, 5.41) is 0. The van der Waals surface area contributed by atoms with Gasteiger partial charge in [0.1, 0.15) is 0 Å². The van der Waals surface area contributed by atoms with Gasteiger partial charge < -0.3 is 0 Å². The van der Waals surface area contributed by atoms with Crippen molar-refractivity contribution in [1.82, 2.24) is 0 Å². The van der Waals surface area contributed by atoms with Crippen molar-refractivity contribution in [2.75, 3.05) is 0 Å². The molecule has 90 valence electrons. The van der Waals surface area contributed by atoms with Crippen LogP contribution < -0.4 is 0 Å². The highest BCUT2D eigenvalue weighted by molar-refractivity contribution is 5.33. The van der Waals surface area contributed by atoms with Gasteiger partial charge in [0, 0.05) is 12.0 Å². The molecule has 0 N–H and O–H groups in total. The second kappa shape index (κ2) is 6.97. The van der Waals surface area contributed by atoms with E-state index in [1.165, 1.54) is 12.8 Å². The summed E-state index contributed by atoms with van der Waals surface area (Å²) in [6, 6.07) is 10.2. The van der Waals surface area contributed by atoms with Gasteiger partial charge in [0.25, 0.3) is 0 Å². The van der Waals surface area contributed by atoms with Gasteiger partial charge in [0.2, 0.25) is 0 Å². The molecule has 0 amide bonds. The topological polar surface area (TPSA) is 0 Å². The number of hydrogen-bond acceptors (Lipinski definition) is 0. The fraction of sp³-hybridized carbons (Fsp3) is 0.412. The fourth-order valence-corrected chi connectivity index (χ4v) is 2.02. The van der Waals surface area contributed by atoms with Gasteiger partial charge in [-0.2, -0.15) is 0 Å². The molecule has 1 aromatic carbocycles. The molecule has 0 radical (unpaired) electrons. The lowest BCUT2D eigenvalue weighted by atomic mass is 9.76. The number of benzene rings is 1. The Kier molecular flexibility index (Phi) is 5.57. The maximum absolute atomic E-state index is 3.86. The summed E-state index contributed by atoms with van der Waals surface area (Å²) in [5.41, 5.74) is 1.43. The molecule has 0 atom stereocenters. The lowest BCUT2D eigenvalue weighted by Crippen LogP contribution is -2.16. The zero-order valence-electron chi connectivity index (χ0n) is 11.0. The van der Waals surface area contributed by atoms with Gasteiger partial charge in [0.15, 0.2) is 0 Å². The molecule has 0 aliphatic carbocycles. The van der Waals surface area contributed by atoms with Gasteiger partial charge in [0.05, 0.1) is 0 Å². The van der Waals surface area contributed by atoms with Crippen LogP contribution in [0.1, 0.15) is 45.1 Å². The quantitative estimate of drug-likeness (QED) is 0.499. The first-order chi connectivity index (χ1) is 8.26.